The van der Waals surface area contributed by atoms with Crippen molar-refractivity contribution >= 4 is 16.5 Å². The summed E-state index contributed by atoms with van der Waals surface area (Å²) in [6.07, 6.45) is 0. The van der Waals surface area contributed by atoms with Crippen molar-refractivity contribution in [1.82, 2.24) is 10.2 Å². The Morgan fingerprint density at radius 2 is 2.08 bits per heavy atom. The summed E-state index contributed by atoms with van der Waals surface area (Å²) in [5.41, 5.74) is -0.120. The van der Waals surface area contributed by atoms with E-state index in [4.69, 9.17) is 4.74 Å². The molecule has 0 saturated carbocycles. The zero-order valence-electron chi connectivity index (χ0n) is 8.42. The molecule has 0 unspecified atom stereocenters. The van der Waals surface area contributed by atoms with Crippen molar-refractivity contribution in [3.63, 3.8) is 0 Å². The molecular weight excluding hydrogens is 186 g/mol. The fourth-order valence-corrected chi connectivity index (χ4v) is 1.30. The minimum Gasteiger partial charge on any atom is -0.369 e. The molecule has 1 aromatic heterocycles. The molecule has 4 nitrogen and oxygen atoms in total. The lowest BCUT2D eigenvalue weighted by atomic mass is 10.2. The quantitative estimate of drug-likeness (QED) is 0.811. The summed E-state index contributed by atoms with van der Waals surface area (Å²) in [5.74, 6) is 0. The van der Waals surface area contributed by atoms with Crippen LogP contribution in [-0.2, 0) is 11.3 Å². The van der Waals surface area contributed by atoms with E-state index in [-0.39, 0.29) is 5.60 Å². The number of nitrogens with one attached hydrogen (secondary N) is 1. The SMILES string of the molecule is CNc1nnc(COC(C)(C)C)s1. The van der Waals surface area contributed by atoms with E-state index < -0.39 is 0 Å². The van der Waals surface area contributed by atoms with Gasteiger partial charge in [-0.2, -0.15) is 0 Å². The predicted molar refractivity (Wildman–Crippen MR) is 54.0 cm³/mol. The number of anilines is 1. The molecule has 74 valence electrons. The maximum atomic E-state index is 5.55. The highest BCUT2D eigenvalue weighted by Crippen LogP contribution is 2.17. The molecule has 5 heteroatoms. The van der Waals surface area contributed by atoms with Gasteiger partial charge < -0.3 is 10.1 Å². The second-order valence-electron chi connectivity index (χ2n) is 3.65. The van der Waals surface area contributed by atoms with Gasteiger partial charge in [0.25, 0.3) is 0 Å². The molecule has 13 heavy (non-hydrogen) atoms. The smallest absolute Gasteiger partial charge is 0.205 e. The van der Waals surface area contributed by atoms with Crippen LogP contribution in [0.15, 0.2) is 0 Å². The maximum Gasteiger partial charge on any atom is 0.205 e. The minimum absolute atomic E-state index is 0.120. The van der Waals surface area contributed by atoms with Crippen molar-refractivity contribution in [2.75, 3.05) is 12.4 Å². The molecule has 0 aromatic carbocycles. The van der Waals surface area contributed by atoms with Gasteiger partial charge in [-0.05, 0) is 20.8 Å². The van der Waals surface area contributed by atoms with Gasteiger partial charge in [-0.1, -0.05) is 11.3 Å². The molecule has 0 radical (unpaired) electrons. The van der Waals surface area contributed by atoms with Crippen LogP contribution in [-0.4, -0.2) is 22.8 Å². The number of hydrogen-bond acceptors (Lipinski definition) is 5. The normalized spacial score (nSPS) is 11.7. The number of hydrogen-bond donors (Lipinski definition) is 1. The summed E-state index contributed by atoms with van der Waals surface area (Å²) in [6, 6.07) is 0. The minimum atomic E-state index is -0.120. The molecule has 0 aliphatic heterocycles. The first-order valence-electron chi connectivity index (χ1n) is 4.15. The monoisotopic (exact) mass is 201 g/mol. The van der Waals surface area contributed by atoms with Gasteiger partial charge in [0.05, 0.1) is 5.60 Å². The first-order chi connectivity index (χ1) is 6.01. The molecule has 0 fully saturated rings. The first kappa shape index (κ1) is 10.4. The lowest BCUT2D eigenvalue weighted by molar-refractivity contribution is -0.0152. The van der Waals surface area contributed by atoms with E-state index in [2.05, 4.69) is 15.5 Å². The summed E-state index contributed by atoms with van der Waals surface area (Å²) >= 11 is 1.52. The lowest BCUT2D eigenvalue weighted by Crippen LogP contribution is -2.18. The Bertz CT molecular complexity index is 267. The lowest BCUT2D eigenvalue weighted by Gasteiger charge is -2.17. The van der Waals surface area contributed by atoms with Crippen molar-refractivity contribution in [3.05, 3.63) is 5.01 Å². The van der Waals surface area contributed by atoms with Crippen LogP contribution in [0.1, 0.15) is 25.8 Å². The van der Waals surface area contributed by atoms with E-state index in [9.17, 15) is 0 Å². The van der Waals surface area contributed by atoms with Gasteiger partial charge in [-0.15, -0.1) is 10.2 Å². The van der Waals surface area contributed by atoms with Crippen LogP contribution < -0.4 is 5.32 Å². The Kier molecular flexibility index (Phi) is 3.22. The van der Waals surface area contributed by atoms with E-state index in [1.54, 1.807) is 0 Å². The van der Waals surface area contributed by atoms with E-state index >= 15 is 0 Å². The van der Waals surface area contributed by atoms with Gasteiger partial charge in [0.15, 0.2) is 0 Å². The van der Waals surface area contributed by atoms with Crippen molar-refractivity contribution in [3.8, 4) is 0 Å². The van der Waals surface area contributed by atoms with Crippen LogP contribution in [0.4, 0.5) is 5.13 Å². The summed E-state index contributed by atoms with van der Waals surface area (Å²) in [4.78, 5) is 0. The van der Waals surface area contributed by atoms with Gasteiger partial charge in [0, 0.05) is 7.05 Å². The molecular formula is C8H15N3OS. The van der Waals surface area contributed by atoms with E-state index in [0.717, 1.165) is 10.1 Å². The third-order valence-corrected chi connectivity index (χ3v) is 2.22. The molecule has 1 rings (SSSR count). The van der Waals surface area contributed by atoms with Crippen LogP contribution in [0.2, 0.25) is 0 Å². The highest BCUT2D eigenvalue weighted by atomic mass is 32.1. The van der Waals surface area contributed by atoms with Crippen LogP contribution in [0, 0.1) is 0 Å². The number of nitrogens with zero attached hydrogens (tertiary/aromatic N) is 2. The van der Waals surface area contributed by atoms with E-state index in [1.807, 2.05) is 27.8 Å². The van der Waals surface area contributed by atoms with Gasteiger partial charge in [0.1, 0.15) is 11.6 Å². The Labute approximate surface area is 82.3 Å². The third-order valence-electron chi connectivity index (χ3n) is 1.31. The number of aromatic nitrogens is 2. The second kappa shape index (κ2) is 4.02. The average Bonchev–Trinajstić information content (AvgIpc) is 2.47. The first-order valence-corrected chi connectivity index (χ1v) is 4.97. The molecule has 1 N–H and O–H groups in total. The van der Waals surface area contributed by atoms with Crippen molar-refractivity contribution in [2.24, 2.45) is 0 Å². The third kappa shape index (κ3) is 3.69. The van der Waals surface area contributed by atoms with Gasteiger partial charge in [-0.3, -0.25) is 0 Å². The van der Waals surface area contributed by atoms with Crippen molar-refractivity contribution in [1.29, 1.82) is 0 Å². The molecule has 0 spiro atoms. The topological polar surface area (TPSA) is 47.0 Å². The van der Waals surface area contributed by atoms with Crippen LogP contribution in [0.25, 0.3) is 0 Å². The van der Waals surface area contributed by atoms with E-state index in [1.165, 1.54) is 11.3 Å². The molecule has 0 bridgehead atoms. The fraction of sp³-hybridized carbons (Fsp3) is 0.750. The molecule has 1 aromatic rings. The largest absolute Gasteiger partial charge is 0.369 e. The fourth-order valence-electron chi connectivity index (χ4n) is 0.691. The Morgan fingerprint density at radius 1 is 1.38 bits per heavy atom. The van der Waals surface area contributed by atoms with E-state index in [0.29, 0.717) is 6.61 Å². The van der Waals surface area contributed by atoms with Crippen LogP contribution in [0.3, 0.4) is 0 Å². The summed E-state index contributed by atoms with van der Waals surface area (Å²) in [7, 11) is 1.83. The highest BCUT2D eigenvalue weighted by molar-refractivity contribution is 7.15. The van der Waals surface area contributed by atoms with Gasteiger partial charge in [-0.25, -0.2) is 0 Å². The predicted octanol–water partition coefficient (Wildman–Crippen LogP) is 1.89. The molecule has 0 amide bonds. The van der Waals surface area contributed by atoms with Gasteiger partial charge >= 0.3 is 0 Å². The molecule has 0 aliphatic rings. The highest BCUT2D eigenvalue weighted by Gasteiger charge is 2.11. The summed E-state index contributed by atoms with van der Waals surface area (Å²) in [6.45, 7) is 6.59. The zero-order chi connectivity index (χ0) is 9.90. The number of rotatable bonds is 3. The summed E-state index contributed by atoms with van der Waals surface area (Å²) < 4.78 is 5.55. The average molecular weight is 201 g/mol. The van der Waals surface area contributed by atoms with Crippen molar-refractivity contribution in [2.45, 2.75) is 33.0 Å². The molecule has 0 saturated heterocycles. The second-order valence-corrected chi connectivity index (χ2v) is 4.71. The Hall–Kier alpha value is -0.680. The summed E-state index contributed by atoms with van der Waals surface area (Å²) in [5, 5.41) is 12.5. The molecule has 0 atom stereocenters. The molecule has 0 aliphatic carbocycles. The Morgan fingerprint density at radius 3 is 2.54 bits per heavy atom. The number of ether oxygens (including phenoxy) is 1. The Balaban J connectivity index is 2.46. The zero-order valence-corrected chi connectivity index (χ0v) is 9.23. The van der Waals surface area contributed by atoms with Crippen LogP contribution in [0.5, 0.6) is 0 Å². The maximum absolute atomic E-state index is 5.55. The molecule has 1 heterocycles. The standard InChI is InChI=1S/C8H15N3OS/c1-8(2,3)12-5-6-10-11-7(9-4)13-6/h5H2,1-4H3,(H,9,11). The van der Waals surface area contributed by atoms with Gasteiger partial charge in [0.2, 0.25) is 5.13 Å². The van der Waals surface area contributed by atoms with Crippen molar-refractivity contribution < 1.29 is 4.74 Å². The van der Waals surface area contributed by atoms with Crippen LogP contribution >= 0.6 is 11.3 Å².